The highest BCUT2D eigenvalue weighted by Crippen LogP contribution is 2.30. The summed E-state index contributed by atoms with van der Waals surface area (Å²) >= 11 is 12.0. The molecule has 1 atom stereocenters. The van der Waals surface area contributed by atoms with Gasteiger partial charge in [0.25, 0.3) is 20.2 Å². The minimum absolute atomic E-state index is 0.0138. The van der Waals surface area contributed by atoms with E-state index < -0.39 is 26.3 Å². The predicted molar refractivity (Wildman–Crippen MR) is 152 cm³/mol. The van der Waals surface area contributed by atoms with Crippen molar-refractivity contribution >= 4 is 55.1 Å². The van der Waals surface area contributed by atoms with E-state index in [0.29, 0.717) is 15.8 Å². The summed E-state index contributed by atoms with van der Waals surface area (Å²) in [5.41, 5.74) is 2.51. The first-order valence-electron chi connectivity index (χ1n) is 11.8. The second-order valence-corrected chi connectivity index (χ2v) is 13.2. The number of rotatable bonds is 6. The van der Waals surface area contributed by atoms with Crippen LogP contribution in [0.15, 0.2) is 93.9 Å². The summed E-state index contributed by atoms with van der Waals surface area (Å²) < 4.78 is 53.6. The van der Waals surface area contributed by atoms with E-state index in [-0.39, 0.29) is 36.4 Å². The minimum atomic E-state index is -4.08. The molecule has 3 aromatic carbocycles. The van der Waals surface area contributed by atoms with E-state index in [1.807, 2.05) is 42.5 Å². The Bertz CT molecular complexity index is 1630. The molecular weight excluding hydrogens is 583 g/mol. The van der Waals surface area contributed by atoms with Gasteiger partial charge in [-0.3, -0.25) is 0 Å². The van der Waals surface area contributed by atoms with Crippen LogP contribution in [0.25, 0.3) is 0 Å². The maximum atomic E-state index is 13.3. The summed E-state index contributed by atoms with van der Waals surface area (Å²) in [5, 5.41) is 12.5. The van der Waals surface area contributed by atoms with Crippen molar-refractivity contribution in [2.24, 2.45) is 15.2 Å². The highest BCUT2D eigenvalue weighted by molar-refractivity contribution is 7.90. The molecule has 0 saturated carbocycles. The standard InChI is InChI=1S/C25H24Cl2N6O4S2/c26-19-8-6-18(7-9-19)24-23(17-4-2-1-3-5-17)16-33(30-24)25(29-21-14-32(15-21)39(28,36)37)31-38(34,35)22-12-10-20(27)11-13-22/h1-13,21,23H,14-16H2,(H,29,31)(H2,28,36,37)/t23-/m0/s1. The quantitative estimate of drug-likeness (QED) is 0.328. The summed E-state index contributed by atoms with van der Waals surface area (Å²) in [7, 11) is -7.95. The van der Waals surface area contributed by atoms with Crippen molar-refractivity contribution < 1.29 is 16.8 Å². The second-order valence-electron chi connectivity index (χ2n) is 9.07. The number of nitrogens with one attached hydrogen (secondary N) is 1. The lowest BCUT2D eigenvalue weighted by molar-refractivity contribution is 0.264. The number of aliphatic imine (C=N–C) groups is 1. The molecule has 204 valence electrons. The molecule has 0 spiro atoms. The van der Waals surface area contributed by atoms with Crippen LogP contribution >= 0.6 is 23.2 Å². The van der Waals surface area contributed by atoms with E-state index in [4.69, 9.17) is 33.4 Å². The summed E-state index contributed by atoms with van der Waals surface area (Å²) in [6.45, 7) is 0.332. The van der Waals surface area contributed by atoms with Crippen LogP contribution in [0.3, 0.4) is 0 Å². The fourth-order valence-corrected chi connectivity index (χ4v) is 6.30. The summed E-state index contributed by atoms with van der Waals surface area (Å²) in [6.07, 6.45) is 0. The van der Waals surface area contributed by atoms with Crippen LogP contribution in [-0.4, -0.2) is 63.5 Å². The molecule has 1 saturated heterocycles. The van der Waals surface area contributed by atoms with Crippen molar-refractivity contribution in [1.29, 1.82) is 0 Å². The van der Waals surface area contributed by atoms with Crippen LogP contribution in [0.4, 0.5) is 0 Å². The van der Waals surface area contributed by atoms with Gasteiger partial charge in [0.15, 0.2) is 0 Å². The SMILES string of the molecule is NS(=O)(=O)N1CC(N=C(NS(=O)(=O)c2ccc(Cl)cc2)N2C[C@@H](c3ccccc3)C(c3ccc(Cl)cc3)=N2)C1. The molecule has 0 bridgehead atoms. The number of hydrogen-bond acceptors (Lipinski definition) is 6. The van der Waals surface area contributed by atoms with Crippen LogP contribution in [0.2, 0.25) is 10.0 Å². The first kappa shape index (κ1) is 27.6. The Morgan fingerprint density at radius 1 is 0.872 bits per heavy atom. The Labute approximate surface area is 237 Å². The molecule has 14 heteroatoms. The molecule has 2 aliphatic rings. The van der Waals surface area contributed by atoms with E-state index in [9.17, 15) is 16.8 Å². The molecule has 0 amide bonds. The lowest BCUT2D eigenvalue weighted by Gasteiger charge is -2.34. The van der Waals surface area contributed by atoms with Crippen molar-refractivity contribution in [3.63, 3.8) is 0 Å². The number of hydrogen-bond donors (Lipinski definition) is 2. The molecule has 5 rings (SSSR count). The number of benzene rings is 3. The zero-order valence-corrected chi connectivity index (χ0v) is 23.5. The zero-order valence-electron chi connectivity index (χ0n) is 20.4. The summed E-state index contributed by atoms with van der Waals surface area (Å²) in [5.74, 6) is -0.242. The Morgan fingerprint density at radius 3 is 2.05 bits per heavy atom. The van der Waals surface area contributed by atoms with Gasteiger partial charge in [0.05, 0.1) is 23.2 Å². The van der Waals surface area contributed by atoms with E-state index in [1.54, 1.807) is 12.1 Å². The Morgan fingerprint density at radius 2 is 1.46 bits per heavy atom. The van der Waals surface area contributed by atoms with Gasteiger partial charge in [-0.05, 0) is 47.5 Å². The molecule has 0 aromatic heterocycles. The summed E-state index contributed by atoms with van der Waals surface area (Å²) in [6, 6.07) is 22.1. The highest BCUT2D eigenvalue weighted by atomic mass is 35.5. The van der Waals surface area contributed by atoms with Crippen molar-refractivity contribution in [3.05, 3.63) is 100 Å². The maximum absolute atomic E-state index is 13.3. The molecule has 10 nitrogen and oxygen atoms in total. The van der Waals surface area contributed by atoms with Crippen molar-refractivity contribution in [2.45, 2.75) is 16.9 Å². The van der Waals surface area contributed by atoms with E-state index in [1.165, 1.54) is 29.3 Å². The van der Waals surface area contributed by atoms with Gasteiger partial charge in [0, 0.05) is 29.1 Å². The largest absolute Gasteiger partial charge is 0.277 e. The van der Waals surface area contributed by atoms with Gasteiger partial charge in [-0.2, -0.15) is 17.8 Å². The molecule has 1 fully saturated rings. The van der Waals surface area contributed by atoms with E-state index in [0.717, 1.165) is 15.4 Å². The Balaban J connectivity index is 1.53. The first-order chi connectivity index (χ1) is 18.5. The third-order valence-electron chi connectivity index (χ3n) is 6.34. The van der Waals surface area contributed by atoms with Crippen LogP contribution < -0.4 is 9.86 Å². The van der Waals surface area contributed by atoms with Gasteiger partial charge in [-0.15, -0.1) is 0 Å². The third-order valence-corrected chi connectivity index (χ3v) is 9.21. The average Bonchev–Trinajstić information content (AvgIpc) is 3.31. The summed E-state index contributed by atoms with van der Waals surface area (Å²) in [4.78, 5) is 4.55. The first-order valence-corrected chi connectivity index (χ1v) is 15.5. The number of halogens is 2. The minimum Gasteiger partial charge on any atom is -0.248 e. The molecule has 39 heavy (non-hydrogen) atoms. The predicted octanol–water partition coefficient (Wildman–Crippen LogP) is 3.02. The molecule has 3 N–H and O–H groups in total. The van der Waals surface area contributed by atoms with Gasteiger partial charge in [0.1, 0.15) is 0 Å². The molecule has 2 aliphatic heterocycles. The lowest BCUT2D eigenvalue weighted by Crippen LogP contribution is -2.56. The van der Waals surface area contributed by atoms with Crippen molar-refractivity contribution in [1.82, 2.24) is 14.0 Å². The van der Waals surface area contributed by atoms with E-state index >= 15 is 0 Å². The van der Waals surface area contributed by atoms with Gasteiger partial charge < -0.3 is 0 Å². The normalized spacial score (nSPS) is 19.1. The fraction of sp³-hybridized carbons (Fsp3) is 0.200. The molecule has 0 aliphatic carbocycles. The van der Waals surface area contributed by atoms with Crippen LogP contribution in [-0.2, 0) is 20.2 Å². The smallest absolute Gasteiger partial charge is 0.248 e. The van der Waals surface area contributed by atoms with Gasteiger partial charge in [-0.25, -0.2) is 28.3 Å². The topological polar surface area (TPSA) is 138 Å². The second kappa shape index (κ2) is 10.9. The molecule has 0 unspecified atom stereocenters. The Hall–Kier alpha value is -3.00. The number of nitrogens with zero attached hydrogens (tertiary/aromatic N) is 4. The molecular formula is C25H24Cl2N6O4S2. The van der Waals surface area contributed by atoms with Gasteiger partial charge in [-0.1, -0.05) is 65.7 Å². The zero-order chi connectivity index (χ0) is 27.8. The van der Waals surface area contributed by atoms with E-state index in [2.05, 4.69) is 9.71 Å². The van der Waals surface area contributed by atoms with Crippen LogP contribution in [0.5, 0.6) is 0 Å². The fourth-order valence-electron chi connectivity index (χ4n) is 4.28. The lowest BCUT2D eigenvalue weighted by atomic mass is 9.91. The molecule has 2 heterocycles. The van der Waals surface area contributed by atoms with Crippen molar-refractivity contribution in [3.8, 4) is 0 Å². The number of guanidine groups is 1. The highest BCUT2D eigenvalue weighted by Gasteiger charge is 2.37. The molecule has 0 radical (unpaired) electrons. The number of hydrazone groups is 1. The monoisotopic (exact) mass is 606 g/mol. The Kier molecular flexibility index (Phi) is 7.68. The average molecular weight is 608 g/mol. The van der Waals surface area contributed by atoms with Crippen LogP contribution in [0.1, 0.15) is 17.0 Å². The van der Waals surface area contributed by atoms with Gasteiger partial charge in [0.2, 0.25) is 5.96 Å². The van der Waals surface area contributed by atoms with Crippen LogP contribution in [0, 0.1) is 0 Å². The van der Waals surface area contributed by atoms with Gasteiger partial charge >= 0.3 is 0 Å². The number of sulfonamides is 1. The van der Waals surface area contributed by atoms with Crippen molar-refractivity contribution in [2.75, 3.05) is 19.6 Å². The molecule has 3 aromatic rings. The number of nitrogens with two attached hydrogens (primary N) is 1. The maximum Gasteiger partial charge on any atom is 0.277 e. The third kappa shape index (κ3) is 6.26.